The zero-order chi connectivity index (χ0) is 19.0. The van der Waals surface area contributed by atoms with Gasteiger partial charge in [-0.2, -0.15) is 5.26 Å². The first kappa shape index (κ1) is 16.8. The highest BCUT2D eigenvalue weighted by molar-refractivity contribution is 7.90. The van der Waals surface area contributed by atoms with E-state index in [0.29, 0.717) is 22.3 Å². The number of hydrogen-bond acceptors (Lipinski definition) is 6. The first-order chi connectivity index (χ1) is 13.0. The normalized spacial score (nSPS) is 11.4. The number of rotatable bonds is 3. The zero-order valence-corrected chi connectivity index (χ0v) is 14.8. The molecule has 4 rings (SSSR count). The summed E-state index contributed by atoms with van der Waals surface area (Å²) in [5.41, 5.74) is 7.76. The van der Waals surface area contributed by atoms with Crippen LogP contribution in [0.25, 0.3) is 22.2 Å². The summed E-state index contributed by atoms with van der Waals surface area (Å²) in [6, 6.07) is 16.6. The lowest BCUT2D eigenvalue weighted by Crippen LogP contribution is -2.11. The monoisotopic (exact) mass is 375 g/mol. The molecule has 0 fully saturated rings. The SMILES string of the molecule is N#Cc1ccc(S(=O)(=O)n2cc(-c3ccnc(N)n3)c3ccccc32)cc1. The molecule has 0 bridgehead atoms. The second kappa shape index (κ2) is 6.23. The van der Waals surface area contributed by atoms with E-state index in [9.17, 15) is 8.42 Å². The average Bonchev–Trinajstić information content (AvgIpc) is 3.08. The van der Waals surface area contributed by atoms with Gasteiger partial charge in [-0.1, -0.05) is 18.2 Å². The molecule has 27 heavy (non-hydrogen) atoms. The summed E-state index contributed by atoms with van der Waals surface area (Å²) in [5, 5.41) is 9.64. The van der Waals surface area contributed by atoms with Crippen molar-refractivity contribution in [2.75, 3.05) is 5.73 Å². The number of nitrogen functional groups attached to an aromatic ring is 1. The van der Waals surface area contributed by atoms with Gasteiger partial charge in [0.15, 0.2) is 0 Å². The van der Waals surface area contributed by atoms with Crippen LogP contribution in [0.15, 0.2) is 71.9 Å². The number of para-hydroxylation sites is 1. The molecule has 0 aliphatic heterocycles. The molecule has 2 aromatic heterocycles. The van der Waals surface area contributed by atoms with Gasteiger partial charge in [-0.25, -0.2) is 22.4 Å². The molecule has 2 aromatic carbocycles. The molecule has 0 unspecified atom stereocenters. The Morgan fingerprint density at radius 3 is 2.48 bits per heavy atom. The van der Waals surface area contributed by atoms with Gasteiger partial charge in [0.1, 0.15) is 0 Å². The van der Waals surface area contributed by atoms with Crippen LogP contribution in [0.5, 0.6) is 0 Å². The van der Waals surface area contributed by atoms with E-state index in [1.807, 2.05) is 18.2 Å². The van der Waals surface area contributed by atoms with Crippen LogP contribution in [0.2, 0.25) is 0 Å². The summed E-state index contributed by atoms with van der Waals surface area (Å²) in [5.74, 6) is 0.110. The van der Waals surface area contributed by atoms with E-state index in [1.165, 1.54) is 40.6 Å². The molecule has 0 spiro atoms. The topological polar surface area (TPSA) is 115 Å². The van der Waals surface area contributed by atoms with Crippen molar-refractivity contribution in [3.05, 3.63) is 72.6 Å². The van der Waals surface area contributed by atoms with E-state index in [2.05, 4.69) is 9.97 Å². The molecule has 2 N–H and O–H groups in total. The summed E-state index contributed by atoms with van der Waals surface area (Å²) in [6.45, 7) is 0. The first-order valence-corrected chi connectivity index (χ1v) is 9.39. The van der Waals surface area contributed by atoms with Crippen LogP contribution in [-0.4, -0.2) is 22.4 Å². The van der Waals surface area contributed by atoms with Gasteiger partial charge in [0.25, 0.3) is 10.0 Å². The Bertz CT molecular complexity index is 1300. The fourth-order valence-corrected chi connectivity index (χ4v) is 4.26. The van der Waals surface area contributed by atoms with E-state index in [-0.39, 0.29) is 10.8 Å². The lowest BCUT2D eigenvalue weighted by molar-refractivity contribution is 0.589. The summed E-state index contributed by atoms with van der Waals surface area (Å²) in [4.78, 5) is 8.18. The van der Waals surface area contributed by atoms with Crippen molar-refractivity contribution >= 4 is 26.9 Å². The van der Waals surface area contributed by atoms with Gasteiger partial charge in [0.2, 0.25) is 5.95 Å². The second-order valence-electron chi connectivity index (χ2n) is 5.80. The number of aromatic nitrogens is 3. The number of nitrogens with zero attached hydrogens (tertiary/aromatic N) is 4. The summed E-state index contributed by atoms with van der Waals surface area (Å²) in [6.07, 6.45) is 3.05. The molecule has 0 saturated heterocycles. The highest BCUT2D eigenvalue weighted by atomic mass is 32.2. The van der Waals surface area contributed by atoms with E-state index in [0.717, 1.165) is 5.39 Å². The van der Waals surface area contributed by atoms with Crippen molar-refractivity contribution in [2.45, 2.75) is 4.90 Å². The molecule has 2 heterocycles. The Morgan fingerprint density at radius 1 is 1.04 bits per heavy atom. The minimum absolute atomic E-state index is 0.0935. The van der Waals surface area contributed by atoms with Crippen molar-refractivity contribution in [3.8, 4) is 17.3 Å². The third-order valence-electron chi connectivity index (χ3n) is 4.17. The predicted octanol–water partition coefficient (Wildman–Crippen LogP) is 2.79. The summed E-state index contributed by atoms with van der Waals surface area (Å²) >= 11 is 0. The number of hydrogen-bond donors (Lipinski definition) is 1. The highest BCUT2D eigenvalue weighted by Gasteiger charge is 2.22. The quantitative estimate of drug-likeness (QED) is 0.589. The van der Waals surface area contributed by atoms with Crippen LogP contribution in [0, 0.1) is 11.3 Å². The van der Waals surface area contributed by atoms with Gasteiger partial charge >= 0.3 is 0 Å². The number of benzene rings is 2. The van der Waals surface area contributed by atoms with Gasteiger partial charge in [-0.15, -0.1) is 0 Å². The van der Waals surface area contributed by atoms with Crippen LogP contribution >= 0.6 is 0 Å². The molecule has 0 radical (unpaired) electrons. The number of anilines is 1. The summed E-state index contributed by atoms with van der Waals surface area (Å²) < 4.78 is 27.6. The van der Waals surface area contributed by atoms with Crippen molar-refractivity contribution in [1.82, 2.24) is 13.9 Å². The lowest BCUT2D eigenvalue weighted by Gasteiger charge is -2.07. The molecule has 7 nitrogen and oxygen atoms in total. The standard InChI is InChI=1S/C19H13N5O2S/c20-11-13-5-7-14(8-6-13)27(25,26)24-12-16(15-3-1-2-4-18(15)24)17-9-10-22-19(21)23-17/h1-10,12H,(H2,21,22,23). The van der Waals surface area contributed by atoms with Gasteiger partial charge in [0, 0.05) is 23.3 Å². The predicted molar refractivity (Wildman–Crippen MR) is 101 cm³/mol. The van der Waals surface area contributed by atoms with Crippen molar-refractivity contribution in [1.29, 1.82) is 5.26 Å². The van der Waals surface area contributed by atoms with Crippen molar-refractivity contribution in [2.24, 2.45) is 0 Å². The molecule has 132 valence electrons. The van der Waals surface area contributed by atoms with E-state index in [1.54, 1.807) is 18.2 Å². The Labute approximate surface area is 155 Å². The second-order valence-corrected chi connectivity index (χ2v) is 7.61. The smallest absolute Gasteiger partial charge is 0.268 e. The minimum atomic E-state index is -3.86. The summed E-state index contributed by atoms with van der Waals surface area (Å²) in [7, 11) is -3.86. The van der Waals surface area contributed by atoms with Crippen LogP contribution < -0.4 is 5.73 Å². The molecule has 8 heteroatoms. The van der Waals surface area contributed by atoms with E-state index >= 15 is 0 Å². The lowest BCUT2D eigenvalue weighted by atomic mass is 10.1. The minimum Gasteiger partial charge on any atom is -0.368 e. The fourth-order valence-electron chi connectivity index (χ4n) is 2.89. The van der Waals surface area contributed by atoms with E-state index < -0.39 is 10.0 Å². The molecule has 0 amide bonds. The molecule has 0 saturated carbocycles. The highest BCUT2D eigenvalue weighted by Crippen LogP contribution is 2.32. The van der Waals surface area contributed by atoms with Gasteiger partial charge in [0.05, 0.1) is 27.7 Å². The fraction of sp³-hybridized carbons (Fsp3) is 0. The molecule has 0 atom stereocenters. The molecular weight excluding hydrogens is 362 g/mol. The molecule has 4 aromatic rings. The molecular formula is C19H13N5O2S. The van der Waals surface area contributed by atoms with Crippen molar-refractivity contribution < 1.29 is 8.42 Å². The van der Waals surface area contributed by atoms with Gasteiger partial charge < -0.3 is 5.73 Å². The van der Waals surface area contributed by atoms with Crippen LogP contribution in [-0.2, 0) is 10.0 Å². The third-order valence-corrected chi connectivity index (χ3v) is 5.86. The van der Waals surface area contributed by atoms with E-state index in [4.69, 9.17) is 11.0 Å². The van der Waals surface area contributed by atoms with Gasteiger partial charge in [-0.05, 0) is 36.4 Å². The number of nitriles is 1. The molecule has 0 aliphatic rings. The molecule has 0 aliphatic carbocycles. The number of nitrogens with two attached hydrogens (primary N) is 1. The maximum atomic E-state index is 13.2. The van der Waals surface area contributed by atoms with Crippen LogP contribution in [0.4, 0.5) is 5.95 Å². The Balaban J connectivity index is 1.96. The Morgan fingerprint density at radius 2 is 1.78 bits per heavy atom. The maximum absolute atomic E-state index is 13.2. The Kier molecular flexibility index (Phi) is 3.86. The average molecular weight is 375 g/mol. The van der Waals surface area contributed by atoms with Crippen LogP contribution in [0.1, 0.15) is 5.56 Å². The largest absolute Gasteiger partial charge is 0.368 e. The van der Waals surface area contributed by atoms with Gasteiger partial charge in [-0.3, -0.25) is 0 Å². The third kappa shape index (κ3) is 2.80. The first-order valence-electron chi connectivity index (χ1n) is 7.95. The van der Waals surface area contributed by atoms with Crippen molar-refractivity contribution in [3.63, 3.8) is 0 Å². The Hall–Kier alpha value is -3.70. The maximum Gasteiger partial charge on any atom is 0.268 e. The zero-order valence-electron chi connectivity index (χ0n) is 13.9. The number of fused-ring (bicyclic) bond motifs is 1. The van der Waals surface area contributed by atoms with Crippen LogP contribution in [0.3, 0.4) is 0 Å².